The summed E-state index contributed by atoms with van der Waals surface area (Å²) >= 11 is 6.85. The third kappa shape index (κ3) is 5.26. The molecule has 0 aromatic heterocycles. The third-order valence-electron chi connectivity index (χ3n) is 0.267. The van der Waals surface area contributed by atoms with E-state index in [4.69, 9.17) is 0 Å². The van der Waals surface area contributed by atoms with Gasteiger partial charge < -0.3 is 0 Å². The van der Waals surface area contributed by atoms with Crippen molar-refractivity contribution in [3.05, 3.63) is 12.7 Å². The molecule has 0 spiro atoms. The summed E-state index contributed by atoms with van der Waals surface area (Å²) in [6.07, 6.45) is 1.92. The first-order valence-electron chi connectivity index (χ1n) is 1.47. The van der Waals surface area contributed by atoms with Crippen LogP contribution in [0.5, 0.6) is 0 Å². The predicted molar refractivity (Wildman–Crippen MR) is 38.6 cm³/mol. The van der Waals surface area contributed by atoms with Gasteiger partial charge in [-0.15, -0.1) is 0 Å². The summed E-state index contributed by atoms with van der Waals surface area (Å²) in [6, 6.07) is 0. The first-order valence-corrected chi connectivity index (χ1v) is 11.6. The summed E-state index contributed by atoms with van der Waals surface area (Å²) in [5, 5.41) is 1.12. The van der Waals surface area contributed by atoms with Gasteiger partial charge in [0.2, 0.25) is 0 Å². The molecule has 0 rings (SSSR count). The number of halogens is 2. The second-order valence-electron chi connectivity index (χ2n) is 0.774. The number of rotatable bonds is 2. The molecule has 6 heavy (non-hydrogen) atoms. The predicted octanol–water partition coefficient (Wildman–Crippen LogP) is 2.45. The zero-order valence-electron chi connectivity index (χ0n) is 3.19. The van der Waals surface area contributed by atoms with Gasteiger partial charge in [-0.25, -0.2) is 0 Å². The molecule has 0 saturated carbocycles. The molecular weight excluding hydrogens is 271 g/mol. The first kappa shape index (κ1) is 7.26. The zero-order chi connectivity index (χ0) is 4.99. The van der Waals surface area contributed by atoms with Crippen molar-refractivity contribution >= 4 is 38.8 Å². The van der Waals surface area contributed by atoms with Crippen LogP contribution in [0.15, 0.2) is 12.7 Å². The molecule has 0 N–H and O–H groups in total. The molecule has 0 radical (unpaired) electrons. The van der Waals surface area contributed by atoms with E-state index < -0.39 is 10.9 Å². The van der Waals surface area contributed by atoms with E-state index in [2.05, 4.69) is 34.4 Å². The minimum atomic E-state index is -0.717. The third-order valence-corrected chi connectivity index (χ3v) is 4.40. The van der Waals surface area contributed by atoms with Crippen LogP contribution in [0.1, 0.15) is 0 Å². The second-order valence-corrected chi connectivity index (χ2v) is 16.7. The van der Waals surface area contributed by atoms with E-state index in [1.165, 1.54) is 0 Å². The van der Waals surface area contributed by atoms with Crippen LogP contribution in [0, 0.1) is 0 Å². The molecule has 0 aliphatic rings. The van der Waals surface area contributed by atoms with Gasteiger partial charge in [-0.3, -0.25) is 0 Å². The number of allylic oxidation sites excluding steroid dienone is 1. The van der Waals surface area contributed by atoms with Crippen LogP contribution in [0.4, 0.5) is 0 Å². The van der Waals surface area contributed by atoms with Crippen molar-refractivity contribution in [2.45, 2.75) is 5.21 Å². The molecule has 0 bridgehead atoms. The summed E-state index contributed by atoms with van der Waals surface area (Å²) in [6.45, 7) is 3.58. The van der Waals surface area contributed by atoms with E-state index in [1.54, 1.807) is 0 Å². The van der Waals surface area contributed by atoms with Crippen LogP contribution in [0.2, 0.25) is 5.21 Å². The van der Waals surface area contributed by atoms with Crippen molar-refractivity contribution in [2.24, 2.45) is 0 Å². The monoisotopic (exact) mass is 274 g/mol. The van der Waals surface area contributed by atoms with Gasteiger partial charge in [0.1, 0.15) is 0 Å². The van der Waals surface area contributed by atoms with E-state index in [9.17, 15) is 0 Å². The Bertz CT molecular complexity index is 44.1. The quantitative estimate of drug-likeness (QED) is 0.536. The fourth-order valence-corrected chi connectivity index (χ4v) is 2.63. The molecule has 0 aliphatic carbocycles. The Labute approximate surface area is 56.4 Å². The van der Waals surface area contributed by atoms with Crippen LogP contribution < -0.4 is 0 Å². The summed E-state index contributed by atoms with van der Waals surface area (Å²) in [4.78, 5) is 0. The Kier molecular flexibility index (Phi) is 5.34. The van der Waals surface area contributed by atoms with Crippen molar-refractivity contribution in [1.82, 2.24) is 0 Å². The van der Waals surface area contributed by atoms with E-state index in [1.807, 2.05) is 6.08 Å². The van der Waals surface area contributed by atoms with Crippen molar-refractivity contribution in [1.29, 1.82) is 0 Å². The van der Waals surface area contributed by atoms with E-state index >= 15 is 0 Å². The average molecular weight is 276 g/mol. The maximum absolute atomic E-state index is 3.58. The molecule has 0 heterocycles. The molecule has 36 valence electrons. The van der Waals surface area contributed by atoms with Gasteiger partial charge in [0, 0.05) is 0 Å². The summed E-state index contributed by atoms with van der Waals surface area (Å²) < 4.78 is 0. The molecule has 0 aromatic carbocycles. The molecule has 0 atom stereocenters. The number of hydrogen-bond acceptors (Lipinski definition) is 0. The molecular formula is C3H5AsBr2. The Morgan fingerprint density at radius 3 is 2.17 bits per heavy atom. The average Bonchev–Trinajstić information content (AvgIpc) is 1.35. The molecule has 0 fully saturated rings. The van der Waals surface area contributed by atoms with Gasteiger partial charge in [-0.05, 0) is 0 Å². The molecule has 0 aromatic rings. The summed E-state index contributed by atoms with van der Waals surface area (Å²) in [5.41, 5.74) is 0. The van der Waals surface area contributed by atoms with Crippen molar-refractivity contribution in [3.63, 3.8) is 0 Å². The van der Waals surface area contributed by atoms with Gasteiger partial charge in [0.15, 0.2) is 0 Å². The number of hydrogen-bond donors (Lipinski definition) is 0. The van der Waals surface area contributed by atoms with Crippen LogP contribution in [-0.4, -0.2) is 10.9 Å². The molecule has 0 unspecified atom stereocenters. The molecule has 0 aliphatic heterocycles. The Morgan fingerprint density at radius 1 is 1.67 bits per heavy atom. The molecule has 3 heteroatoms. The van der Waals surface area contributed by atoms with Gasteiger partial charge in [0.05, 0.1) is 0 Å². The second kappa shape index (κ2) is 4.42. The van der Waals surface area contributed by atoms with Crippen LogP contribution in [0.25, 0.3) is 0 Å². The van der Waals surface area contributed by atoms with Gasteiger partial charge in [-0.1, -0.05) is 0 Å². The van der Waals surface area contributed by atoms with Crippen LogP contribution in [0.3, 0.4) is 0 Å². The van der Waals surface area contributed by atoms with Crippen molar-refractivity contribution in [2.75, 3.05) is 0 Å². The Balaban J connectivity index is 2.81. The fraction of sp³-hybridized carbons (Fsp3) is 0.333. The van der Waals surface area contributed by atoms with E-state index in [-0.39, 0.29) is 0 Å². The fourth-order valence-electron chi connectivity index (χ4n) is 0.0976. The van der Waals surface area contributed by atoms with E-state index in [0.717, 1.165) is 5.21 Å². The summed E-state index contributed by atoms with van der Waals surface area (Å²) in [5.74, 6) is 0. The standard InChI is InChI=1S/C3H5AsBr2/c1-2-3-4(5)6/h2H,1,3H2. The normalized spacial score (nSPS) is 9.17. The van der Waals surface area contributed by atoms with Crippen LogP contribution >= 0.6 is 27.9 Å². The molecule has 0 amide bonds. The van der Waals surface area contributed by atoms with Crippen LogP contribution in [-0.2, 0) is 0 Å². The van der Waals surface area contributed by atoms with Crippen molar-refractivity contribution in [3.8, 4) is 0 Å². The SMILES string of the molecule is C=CC[As](Br)Br. The molecule has 0 saturated heterocycles. The van der Waals surface area contributed by atoms with Gasteiger partial charge in [0.25, 0.3) is 0 Å². The molecule has 0 nitrogen and oxygen atoms in total. The van der Waals surface area contributed by atoms with E-state index in [0.29, 0.717) is 0 Å². The van der Waals surface area contributed by atoms with Crippen molar-refractivity contribution < 1.29 is 0 Å². The topological polar surface area (TPSA) is 0 Å². The Morgan fingerprint density at radius 2 is 2.17 bits per heavy atom. The van der Waals surface area contributed by atoms with Gasteiger partial charge >= 0.3 is 56.7 Å². The maximum atomic E-state index is 3.58. The minimum absolute atomic E-state index is 0.717. The first-order chi connectivity index (χ1) is 2.77. The Hall–Kier alpha value is 1.26. The summed E-state index contributed by atoms with van der Waals surface area (Å²) in [7, 11) is -0.717. The van der Waals surface area contributed by atoms with Gasteiger partial charge in [-0.2, -0.15) is 0 Å². The zero-order valence-corrected chi connectivity index (χ0v) is 8.24.